The fourth-order valence-corrected chi connectivity index (χ4v) is 3.59. The number of thiophene rings is 2. The molecule has 16 heavy (non-hydrogen) atoms. The van der Waals surface area contributed by atoms with Gasteiger partial charge in [-0.25, -0.2) is 0 Å². The average Bonchev–Trinajstić information content (AvgIpc) is 2.86. The van der Waals surface area contributed by atoms with Gasteiger partial charge in [0.2, 0.25) is 0 Å². The molecule has 86 valence electrons. The maximum Gasteiger partial charge on any atom is 0.0394 e. The predicted octanol–water partition coefficient (Wildman–Crippen LogP) is 4.53. The number of rotatable bonds is 4. The third-order valence-electron chi connectivity index (χ3n) is 2.76. The van der Waals surface area contributed by atoms with Gasteiger partial charge in [0.1, 0.15) is 0 Å². The van der Waals surface area contributed by atoms with Gasteiger partial charge in [0, 0.05) is 21.8 Å². The number of aryl methyl sites for hydroxylation is 1. The Labute approximate surface area is 105 Å². The Kier molecular flexibility index (Phi) is 3.79. The minimum Gasteiger partial charge on any atom is -0.302 e. The van der Waals surface area contributed by atoms with Gasteiger partial charge in [0.05, 0.1) is 0 Å². The smallest absolute Gasteiger partial charge is 0.0394 e. The standard InChI is InChI=1S/C13H17NS2/c1-9-6-8-16-13(9)11(3)14-10(2)12-5-4-7-15-12/h4-8,10-11,14H,1-3H3/t10-,11?/m0/s1. The molecule has 1 unspecified atom stereocenters. The molecule has 0 saturated heterocycles. The topological polar surface area (TPSA) is 12.0 Å². The van der Waals surface area contributed by atoms with Crippen molar-refractivity contribution in [3.8, 4) is 0 Å². The van der Waals surface area contributed by atoms with Crippen molar-refractivity contribution >= 4 is 22.7 Å². The zero-order valence-electron chi connectivity index (χ0n) is 9.86. The molecule has 0 spiro atoms. The second-order valence-corrected chi connectivity index (χ2v) is 6.02. The van der Waals surface area contributed by atoms with Crippen LogP contribution in [0.2, 0.25) is 0 Å². The van der Waals surface area contributed by atoms with Crippen molar-refractivity contribution in [3.05, 3.63) is 44.3 Å². The molecule has 0 aliphatic rings. The Morgan fingerprint density at radius 1 is 1.06 bits per heavy atom. The summed E-state index contributed by atoms with van der Waals surface area (Å²) in [6.07, 6.45) is 0. The summed E-state index contributed by atoms with van der Waals surface area (Å²) in [5.74, 6) is 0. The second kappa shape index (κ2) is 5.13. The Morgan fingerprint density at radius 3 is 2.44 bits per heavy atom. The van der Waals surface area contributed by atoms with Gasteiger partial charge in [-0.3, -0.25) is 0 Å². The molecule has 0 amide bonds. The third kappa shape index (κ3) is 2.54. The molecule has 0 saturated carbocycles. The fraction of sp³-hybridized carbons (Fsp3) is 0.385. The molecule has 0 radical (unpaired) electrons. The molecule has 0 fully saturated rings. The van der Waals surface area contributed by atoms with E-state index in [0.29, 0.717) is 12.1 Å². The second-order valence-electron chi connectivity index (χ2n) is 4.09. The largest absolute Gasteiger partial charge is 0.302 e. The van der Waals surface area contributed by atoms with Gasteiger partial charge >= 0.3 is 0 Å². The van der Waals surface area contributed by atoms with Gasteiger partial charge in [-0.15, -0.1) is 22.7 Å². The van der Waals surface area contributed by atoms with E-state index in [1.165, 1.54) is 15.3 Å². The van der Waals surface area contributed by atoms with E-state index in [-0.39, 0.29) is 0 Å². The molecule has 0 aromatic carbocycles. The zero-order chi connectivity index (χ0) is 11.5. The van der Waals surface area contributed by atoms with E-state index in [1.54, 1.807) is 0 Å². The van der Waals surface area contributed by atoms with Crippen LogP contribution in [0.5, 0.6) is 0 Å². The summed E-state index contributed by atoms with van der Waals surface area (Å²) in [5, 5.41) is 7.95. The first-order chi connectivity index (χ1) is 7.68. The lowest BCUT2D eigenvalue weighted by molar-refractivity contribution is 0.504. The number of hydrogen-bond donors (Lipinski definition) is 1. The van der Waals surface area contributed by atoms with Crippen LogP contribution in [0.1, 0.15) is 41.2 Å². The van der Waals surface area contributed by atoms with Crippen molar-refractivity contribution in [3.63, 3.8) is 0 Å². The van der Waals surface area contributed by atoms with E-state index in [4.69, 9.17) is 0 Å². The lowest BCUT2D eigenvalue weighted by Gasteiger charge is -2.18. The Bertz CT molecular complexity index is 430. The highest BCUT2D eigenvalue weighted by Crippen LogP contribution is 2.27. The summed E-state index contributed by atoms with van der Waals surface area (Å²) in [7, 11) is 0. The SMILES string of the molecule is Cc1ccsc1C(C)N[C@@H](C)c1cccs1. The monoisotopic (exact) mass is 251 g/mol. The summed E-state index contributed by atoms with van der Waals surface area (Å²) >= 11 is 3.65. The van der Waals surface area contributed by atoms with Gasteiger partial charge in [-0.1, -0.05) is 6.07 Å². The highest BCUT2D eigenvalue weighted by atomic mass is 32.1. The lowest BCUT2D eigenvalue weighted by atomic mass is 10.1. The van der Waals surface area contributed by atoms with E-state index in [1.807, 2.05) is 22.7 Å². The summed E-state index contributed by atoms with van der Waals surface area (Å²) in [6.45, 7) is 6.65. The Balaban J connectivity index is 2.03. The van der Waals surface area contributed by atoms with Crippen molar-refractivity contribution < 1.29 is 0 Å². The summed E-state index contributed by atoms with van der Waals surface area (Å²) < 4.78 is 0. The molecular weight excluding hydrogens is 234 g/mol. The molecule has 2 aromatic heterocycles. The van der Waals surface area contributed by atoms with Crippen LogP contribution in [0.15, 0.2) is 29.0 Å². The molecule has 3 heteroatoms. The van der Waals surface area contributed by atoms with Crippen LogP contribution in [-0.2, 0) is 0 Å². The first kappa shape index (κ1) is 11.8. The van der Waals surface area contributed by atoms with E-state index in [9.17, 15) is 0 Å². The van der Waals surface area contributed by atoms with Gasteiger partial charge in [-0.05, 0) is 49.2 Å². The molecule has 2 heterocycles. The first-order valence-corrected chi connectivity index (χ1v) is 7.28. The van der Waals surface area contributed by atoms with Crippen molar-refractivity contribution in [1.82, 2.24) is 5.32 Å². The fourth-order valence-electron chi connectivity index (χ4n) is 1.90. The van der Waals surface area contributed by atoms with Crippen LogP contribution >= 0.6 is 22.7 Å². The minimum atomic E-state index is 0.427. The maximum absolute atomic E-state index is 3.65. The molecular formula is C13H17NS2. The van der Waals surface area contributed by atoms with Gasteiger partial charge in [-0.2, -0.15) is 0 Å². The third-order valence-corrected chi connectivity index (χ3v) is 5.02. The van der Waals surface area contributed by atoms with Gasteiger partial charge in [0.25, 0.3) is 0 Å². The van der Waals surface area contributed by atoms with Crippen molar-refractivity contribution in [2.75, 3.05) is 0 Å². The van der Waals surface area contributed by atoms with Crippen molar-refractivity contribution in [1.29, 1.82) is 0 Å². The molecule has 0 aliphatic heterocycles. The molecule has 0 bridgehead atoms. The van der Waals surface area contributed by atoms with Crippen LogP contribution in [0, 0.1) is 6.92 Å². The molecule has 2 atom stereocenters. The summed E-state index contributed by atoms with van der Waals surface area (Å²) in [6, 6.07) is 7.34. The molecule has 2 rings (SSSR count). The molecule has 1 nitrogen and oxygen atoms in total. The first-order valence-electron chi connectivity index (χ1n) is 5.52. The van der Waals surface area contributed by atoms with Crippen LogP contribution in [-0.4, -0.2) is 0 Å². The Morgan fingerprint density at radius 2 is 1.88 bits per heavy atom. The lowest BCUT2D eigenvalue weighted by Crippen LogP contribution is -2.21. The predicted molar refractivity (Wildman–Crippen MR) is 73.3 cm³/mol. The van der Waals surface area contributed by atoms with Crippen molar-refractivity contribution in [2.45, 2.75) is 32.9 Å². The minimum absolute atomic E-state index is 0.427. The molecule has 0 aliphatic carbocycles. The molecule has 1 N–H and O–H groups in total. The zero-order valence-corrected chi connectivity index (χ0v) is 11.5. The van der Waals surface area contributed by atoms with Crippen LogP contribution in [0.25, 0.3) is 0 Å². The molecule has 2 aromatic rings. The van der Waals surface area contributed by atoms with Crippen molar-refractivity contribution in [2.24, 2.45) is 0 Å². The maximum atomic E-state index is 3.65. The quantitative estimate of drug-likeness (QED) is 0.842. The number of hydrogen-bond acceptors (Lipinski definition) is 3. The van der Waals surface area contributed by atoms with Crippen LogP contribution in [0.3, 0.4) is 0 Å². The van der Waals surface area contributed by atoms with E-state index in [2.05, 4.69) is 55.0 Å². The van der Waals surface area contributed by atoms with E-state index >= 15 is 0 Å². The van der Waals surface area contributed by atoms with E-state index < -0.39 is 0 Å². The summed E-state index contributed by atoms with van der Waals surface area (Å²) in [5.41, 5.74) is 1.39. The highest BCUT2D eigenvalue weighted by Gasteiger charge is 2.14. The summed E-state index contributed by atoms with van der Waals surface area (Å²) in [4.78, 5) is 2.85. The van der Waals surface area contributed by atoms with Crippen LogP contribution < -0.4 is 5.32 Å². The van der Waals surface area contributed by atoms with Gasteiger partial charge < -0.3 is 5.32 Å². The van der Waals surface area contributed by atoms with Gasteiger partial charge in [0.15, 0.2) is 0 Å². The Hall–Kier alpha value is -0.640. The number of nitrogens with one attached hydrogen (secondary N) is 1. The van der Waals surface area contributed by atoms with E-state index in [0.717, 1.165) is 0 Å². The normalized spacial score (nSPS) is 14.9. The highest BCUT2D eigenvalue weighted by molar-refractivity contribution is 7.10. The van der Waals surface area contributed by atoms with Crippen LogP contribution in [0.4, 0.5) is 0 Å². The average molecular weight is 251 g/mol.